The summed E-state index contributed by atoms with van der Waals surface area (Å²) in [5, 5.41) is 0. The molecular weight excluding hydrogens is 200 g/mol. The van der Waals surface area contributed by atoms with Crippen molar-refractivity contribution in [2.75, 3.05) is 32.8 Å². The van der Waals surface area contributed by atoms with E-state index in [0.29, 0.717) is 6.04 Å². The van der Waals surface area contributed by atoms with Gasteiger partial charge in [-0.3, -0.25) is 4.90 Å². The Kier molecular flexibility index (Phi) is 9.99. The Hall–Kier alpha value is -0.120. The van der Waals surface area contributed by atoms with E-state index in [1.807, 2.05) is 0 Å². The van der Waals surface area contributed by atoms with Crippen LogP contribution in [-0.2, 0) is 4.74 Å². The number of nitrogens with two attached hydrogens (primary N) is 1. The molecule has 16 heavy (non-hydrogen) atoms. The molecule has 0 amide bonds. The van der Waals surface area contributed by atoms with Gasteiger partial charge in [-0.05, 0) is 32.2 Å². The van der Waals surface area contributed by atoms with Crippen LogP contribution in [-0.4, -0.2) is 43.8 Å². The summed E-state index contributed by atoms with van der Waals surface area (Å²) < 4.78 is 5.26. The van der Waals surface area contributed by atoms with Crippen molar-refractivity contribution in [3.63, 3.8) is 0 Å². The summed E-state index contributed by atoms with van der Waals surface area (Å²) in [6.07, 6.45) is 2.36. The number of morpholine rings is 1. The molecule has 1 aliphatic heterocycles. The maximum atomic E-state index is 5.66. The molecule has 1 saturated heterocycles. The number of nitrogens with zero attached hydrogens (tertiary/aromatic N) is 1. The minimum Gasteiger partial charge on any atom is -0.379 e. The summed E-state index contributed by atoms with van der Waals surface area (Å²) in [4.78, 5) is 2.45. The molecule has 1 atom stereocenters. The van der Waals surface area contributed by atoms with Gasteiger partial charge in [0.15, 0.2) is 0 Å². The van der Waals surface area contributed by atoms with Gasteiger partial charge < -0.3 is 10.5 Å². The Balaban J connectivity index is 0.000000487. The van der Waals surface area contributed by atoms with Crippen LogP contribution >= 0.6 is 0 Å². The summed E-state index contributed by atoms with van der Waals surface area (Å²) in [5.41, 5.74) is 5.66. The average molecular weight is 230 g/mol. The summed E-state index contributed by atoms with van der Waals surface area (Å²) in [6.45, 7) is 13.7. The zero-order valence-electron chi connectivity index (χ0n) is 11.5. The molecule has 1 heterocycles. The third kappa shape index (κ3) is 12.0. The summed E-state index contributed by atoms with van der Waals surface area (Å²) in [6, 6.07) is 0.353. The van der Waals surface area contributed by atoms with Gasteiger partial charge in [-0.25, -0.2) is 0 Å². The highest BCUT2D eigenvalue weighted by atomic mass is 16.5. The van der Waals surface area contributed by atoms with Crippen molar-refractivity contribution in [1.82, 2.24) is 4.90 Å². The lowest BCUT2D eigenvalue weighted by Crippen LogP contribution is -2.37. The molecule has 0 spiro atoms. The van der Waals surface area contributed by atoms with Crippen molar-refractivity contribution in [2.24, 2.45) is 11.7 Å². The molecule has 2 N–H and O–H groups in total. The van der Waals surface area contributed by atoms with Gasteiger partial charge in [-0.2, -0.15) is 0 Å². The number of hydrogen-bond donors (Lipinski definition) is 1. The van der Waals surface area contributed by atoms with Crippen molar-refractivity contribution in [3.8, 4) is 0 Å². The van der Waals surface area contributed by atoms with E-state index in [0.717, 1.165) is 38.6 Å². The van der Waals surface area contributed by atoms with E-state index in [4.69, 9.17) is 10.5 Å². The maximum Gasteiger partial charge on any atom is 0.0594 e. The van der Waals surface area contributed by atoms with Crippen molar-refractivity contribution in [2.45, 2.75) is 46.6 Å². The monoisotopic (exact) mass is 230 g/mol. The molecule has 1 rings (SSSR count). The molecule has 0 radical (unpaired) electrons. The maximum absolute atomic E-state index is 5.66. The third-order valence-corrected chi connectivity index (χ3v) is 2.24. The molecule has 0 saturated carbocycles. The van der Waals surface area contributed by atoms with Gasteiger partial charge in [0.05, 0.1) is 13.2 Å². The topological polar surface area (TPSA) is 38.5 Å². The second-order valence-corrected chi connectivity index (χ2v) is 5.31. The highest BCUT2D eigenvalue weighted by Gasteiger charge is 2.09. The van der Waals surface area contributed by atoms with Crippen molar-refractivity contribution < 1.29 is 4.74 Å². The van der Waals surface area contributed by atoms with Crippen molar-refractivity contribution in [1.29, 1.82) is 0 Å². The average Bonchev–Trinajstić information content (AvgIpc) is 2.18. The summed E-state index contributed by atoms with van der Waals surface area (Å²) in [7, 11) is 0. The Morgan fingerprint density at radius 1 is 1.12 bits per heavy atom. The molecule has 98 valence electrons. The lowest BCUT2D eigenvalue weighted by atomic mass is 10.2. The molecular formula is C13H30N2O. The van der Waals surface area contributed by atoms with Crippen LogP contribution in [0.3, 0.4) is 0 Å². The van der Waals surface area contributed by atoms with Crippen LogP contribution in [0.15, 0.2) is 0 Å². The van der Waals surface area contributed by atoms with E-state index in [1.165, 1.54) is 13.0 Å². The number of ether oxygens (including phenoxy) is 1. The first-order valence-electron chi connectivity index (χ1n) is 6.58. The fraction of sp³-hybridized carbons (Fsp3) is 1.00. The van der Waals surface area contributed by atoms with E-state index in [9.17, 15) is 0 Å². The molecule has 0 bridgehead atoms. The van der Waals surface area contributed by atoms with Crippen LogP contribution < -0.4 is 5.73 Å². The smallest absolute Gasteiger partial charge is 0.0594 e. The zero-order chi connectivity index (χ0) is 12.4. The fourth-order valence-electron chi connectivity index (χ4n) is 1.46. The predicted molar refractivity (Wildman–Crippen MR) is 70.7 cm³/mol. The van der Waals surface area contributed by atoms with E-state index in [-0.39, 0.29) is 0 Å². The first kappa shape index (κ1) is 15.9. The first-order valence-corrected chi connectivity index (χ1v) is 6.58. The second-order valence-electron chi connectivity index (χ2n) is 5.31. The van der Waals surface area contributed by atoms with Crippen molar-refractivity contribution >= 4 is 0 Å². The second kappa shape index (κ2) is 10.1. The van der Waals surface area contributed by atoms with Gasteiger partial charge in [0.1, 0.15) is 0 Å². The lowest BCUT2D eigenvalue weighted by molar-refractivity contribution is 0.0370. The normalized spacial score (nSPS) is 19.1. The minimum absolute atomic E-state index is 0.353. The van der Waals surface area contributed by atoms with E-state index < -0.39 is 0 Å². The highest BCUT2D eigenvalue weighted by Crippen LogP contribution is 2.00. The molecule has 1 aliphatic rings. The Morgan fingerprint density at radius 3 is 2.06 bits per heavy atom. The van der Waals surface area contributed by atoms with Gasteiger partial charge >= 0.3 is 0 Å². The van der Waals surface area contributed by atoms with Crippen LogP contribution in [0.25, 0.3) is 0 Å². The first-order chi connectivity index (χ1) is 7.52. The van der Waals surface area contributed by atoms with Gasteiger partial charge in [0.25, 0.3) is 0 Å². The Bertz CT molecular complexity index is 140. The third-order valence-electron chi connectivity index (χ3n) is 2.24. The molecule has 1 fully saturated rings. The van der Waals surface area contributed by atoms with Gasteiger partial charge in [-0.1, -0.05) is 20.8 Å². The fourth-order valence-corrected chi connectivity index (χ4v) is 1.46. The number of rotatable bonds is 4. The lowest BCUT2D eigenvalue weighted by Gasteiger charge is -2.26. The van der Waals surface area contributed by atoms with Crippen molar-refractivity contribution in [3.05, 3.63) is 0 Å². The zero-order valence-corrected chi connectivity index (χ0v) is 11.5. The van der Waals surface area contributed by atoms with Gasteiger partial charge in [-0.15, -0.1) is 0 Å². The van der Waals surface area contributed by atoms with Crippen LogP contribution in [0, 0.1) is 5.92 Å². The number of hydrogen-bond acceptors (Lipinski definition) is 3. The molecule has 0 aromatic rings. The molecule has 0 aromatic heterocycles. The molecule has 3 heteroatoms. The van der Waals surface area contributed by atoms with Gasteiger partial charge in [0, 0.05) is 19.1 Å². The molecule has 3 nitrogen and oxygen atoms in total. The largest absolute Gasteiger partial charge is 0.379 e. The highest BCUT2D eigenvalue weighted by molar-refractivity contribution is 4.63. The molecule has 1 unspecified atom stereocenters. The van der Waals surface area contributed by atoms with Crippen LogP contribution in [0.2, 0.25) is 0 Å². The summed E-state index contributed by atoms with van der Waals surface area (Å²) in [5.74, 6) is 0.833. The predicted octanol–water partition coefficient (Wildman–Crippen LogP) is 2.11. The molecule has 0 aliphatic carbocycles. The van der Waals surface area contributed by atoms with Crippen LogP contribution in [0.4, 0.5) is 0 Å². The quantitative estimate of drug-likeness (QED) is 0.804. The summed E-state index contributed by atoms with van der Waals surface area (Å²) >= 11 is 0. The van der Waals surface area contributed by atoms with E-state index in [2.05, 4.69) is 32.6 Å². The standard InChI is InChI=1S/C9H20N2O.C4H10/c1-9(10)3-2-4-11-5-7-12-8-6-11;1-4(2)3/h9H,2-8,10H2,1H3;4H,1-3H3. The Morgan fingerprint density at radius 2 is 1.62 bits per heavy atom. The Labute approximate surface area is 101 Å². The van der Waals surface area contributed by atoms with E-state index >= 15 is 0 Å². The molecule has 0 aromatic carbocycles. The van der Waals surface area contributed by atoms with Gasteiger partial charge in [0.2, 0.25) is 0 Å². The van der Waals surface area contributed by atoms with E-state index in [1.54, 1.807) is 0 Å². The minimum atomic E-state index is 0.353. The van der Waals surface area contributed by atoms with Crippen LogP contribution in [0.1, 0.15) is 40.5 Å². The SMILES string of the molecule is CC(C)C.CC(N)CCCN1CCOCC1. The van der Waals surface area contributed by atoms with Crippen LogP contribution in [0.5, 0.6) is 0 Å².